The predicted octanol–water partition coefficient (Wildman–Crippen LogP) is 4.91. The van der Waals surface area contributed by atoms with Crippen molar-refractivity contribution in [1.29, 1.82) is 0 Å². The van der Waals surface area contributed by atoms with E-state index in [1.807, 2.05) is 36.4 Å². The van der Waals surface area contributed by atoms with Crippen LogP contribution in [-0.2, 0) is 9.59 Å². The molecule has 1 saturated heterocycles. The third kappa shape index (κ3) is 5.74. The van der Waals surface area contributed by atoms with Crippen LogP contribution in [-0.4, -0.2) is 42.1 Å². The normalized spacial score (nSPS) is 14.6. The number of para-hydroxylation sites is 1. The first-order chi connectivity index (χ1) is 14.9. The van der Waals surface area contributed by atoms with Crippen LogP contribution >= 0.6 is 35.0 Å². The van der Waals surface area contributed by atoms with Crippen LogP contribution in [0.15, 0.2) is 52.3 Å². The van der Waals surface area contributed by atoms with Gasteiger partial charge in [0.2, 0.25) is 11.8 Å². The summed E-state index contributed by atoms with van der Waals surface area (Å²) in [5.74, 6) is -0.105. The lowest BCUT2D eigenvalue weighted by Gasteiger charge is -2.30. The van der Waals surface area contributed by atoms with Crippen LogP contribution in [0.25, 0.3) is 6.08 Å². The van der Waals surface area contributed by atoms with Crippen molar-refractivity contribution >= 4 is 52.9 Å². The molecule has 164 valence electrons. The van der Waals surface area contributed by atoms with Crippen molar-refractivity contribution in [3.8, 4) is 5.75 Å². The lowest BCUT2D eigenvalue weighted by atomic mass is 9.96. The van der Waals surface area contributed by atoms with Gasteiger partial charge in [-0.1, -0.05) is 53.2 Å². The zero-order chi connectivity index (χ0) is 22.4. The topological polar surface area (TPSA) is 78.9 Å². The van der Waals surface area contributed by atoms with Gasteiger partial charge in [-0.05, 0) is 42.7 Å². The van der Waals surface area contributed by atoms with Gasteiger partial charge in [0.25, 0.3) is 0 Å². The summed E-state index contributed by atoms with van der Waals surface area (Å²) in [5.41, 5.74) is 2.31. The van der Waals surface area contributed by atoms with Gasteiger partial charge in [-0.15, -0.1) is 0 Å². The number of piperidine rings is 1. The molecule has 0 spiro atoms. The molecule has 0 radical (unpaired) electrons. The van der Waals surface area contributed by atoms with Crippen molar-refractivity contribution in [2.45, 2.75) is 22.6 Å². The molecule has 0 bridgehead atoms. The van der Waals surface area contributed by atoms with Gasteiger partial charge in [-0.25, -0.2) is 5.48 Å². The van der Waals surface area contributed by atoms with E-state index in [0.717, 1.165) is 15.5 Å². The van der Waals surface area contributed by atoms with Gasteiger partial charge in [-0.2, -0.15) is 0 Å². The monoisotopic (exact) mass is 480 g/mol. The quantitative estimate of drug-likeness (QED) is 0.348. The lowest BCUT2D eigenvalue weighted by Crippen LogP contribution is -2.41. The summed E-state index contributed by atoms with van der Waals surface area (Å²) in [6, 6.07) is 11.3. The molecule has 1 aliphatic heterocycles. The predicted molar refractivity (Wildman–Crippen MR) is 122 cm³/mol. The Morgan fingerprint density at radius 1 is 1.13 bits per heavy atom. The molecule has 1 aliphatic rings. The average Bonchev–Trinajstić information content (AvgIpc) is 2.81. The smallest absolute Gasteiger partial charge is 0.246 e. The van der Waals surface area contributed by atoms with E-state index in [9.17, 15) is 9.59 Å². The molecular weight excluding hydrogens is 459 g/mol. The number of methoxy groups -OCH3 is 1. The summed E-state index contributed by atoms with van der Waals surface area (Å²) in [7, 11) is 1.61. The Balaban J connectivity index is 1.67. The number of amides is 2. The Morgan fingerprint density at radius 2 is 1.84 bits per heavy atom. The minimum Gasteiger partial charge on any atom is -0.496 e. The second-order valence-corrected chi connectivity index (χ2v) is 8.78. The maximum atomic E-state index is 12.5. The maximum Gasteiger partial charge on any atom is 0.246 e. The number of rotatable bonds is 6. The number of carbonyl (C=O) groups excluding carboxylic acids is 2. The highest BCUT2D eigenvalue weighted by Crippen LogP contribution is 2.42. The second kappa shape index (κ2) is 10.9. The van der Waals surface area contributed by atoms with Gasteiger partial charge >= 0.3 is 0 Å². The van der Waals surface area contributed by atoms with Gasteiger partial charge in [0.05, 0.1) is 22.1 Å². The summed E-state index contributed by atoms with van der Waals surface area (Å²) >= 11 is 14.4. The number of carbonyl (C=O) groups is 2. The van der Waals surface area contributed by atoms with Crippen molar-refractivity contribution in [2.24, 2.45) is 5.92 Å². The van der Waals surface area contributed by atoms with E-state index in [-0.39, 0.29) is 11.8 Å². The van der Waals surface area contributed by atoms with Crippen molar-refractivity contribution < 1.29 is 19.5 Å². The van der Waals surface area contributed by atoms with Crippen LogP contribution in [0.5, 0.6) is 5.75 Å². The molecule has 6 nitrogen and oxygen atoms in total. The highest BCUT2D eigenvalue weighted by molar-refractivity contribution is 7.99. The van der Waals surface area contributed by atoms with Crippen molar-refractivity contribution in [3.63, 3.8) is 0 Å². The van der Waals surface area contributed by atoms with E-state index in [1.54, 1.807) is 23.6 Å². The van der Waals surface area contributed by atoms with Gasteiger partial charge in [0.1, 0.15) is 5.75 Å². The molecule has 2 aromatic carbocycles. The maximum absolute atomic E-state index is 12.5. The van der Waals surface area contributed by atoms with E-state index >= 15 is 0 Å². The zero-order valence-corrected chi connectivity index (χ0v) is 19.1. The average molecular weight is 481 g/mol. The van der Waals surface area contributed by atoms with Crippen LogP contribution in [0, 0.1) is 5.92 Å². The molecule has 2 aromatic rings. The summed E-state index contributed by atoms with van der Waals surface area (Å²) < 4.78 is 5.38. The van der Waals surface area contributed by atoms with E-state index in [4.69, 9.17) is 33.1 Å². The number of halogens is 2. The first kappa shape index (κ1) is 23.5. The molecular formula is C22H22Cl2N2O4S. The number of benzene rings is 2. The second-order valence-electron chi connectivity index (χ2n) is 6.94. The van der Waals surface area contributed by atoms with E-state index in [2.05, 4.69) is 0 Å². The molecule has 1 heterocycles. The van der Waals surface area contributed by atoms with Gasteiger partial charge in [0.15, 0.2) is 0 Å². The van der Waals surface area contributed by atoms with Gasteiger partial charge < -0.3 is 9.64 Å². The molecule has 1 fully saturated rings. The molecule has 31 heavy (non-hydrogen) atoms. The zero-order valence-electron chi connectivity index (χ0n) is 16.8. The molecule has 3 rings (SSSR count). The minimum absolute atomic E-state index is 0.164. The van der Waals surface area contributed by atoms with Gasteiger partial charge in [-0.3, -0.25) is 14.8 Å². The fraction of sp³-hybridized carbons (Fsp3) is 0.273. The van der Waals surface area contributed by atoms with Crippen LogP contribution in [0.4, 0.5) is 0 Å². The third-order valence-electron chi connectivity index (χ3n) is 5.06. The van der Waals surface area contributed by atoms with Crippen LogP contribution in [0.3, 0.4) is 0 Å². The largest absolute Gasteiger partial charge is 0.496 e. The highest BCUT2D eigenvalue weighted by Gasteiger charge is 2.26. The van der Waals surface area contributed by atoms with Crippen molar-refractivity contribution in [2.75, 3.05) is 20.2 Å². The molecule has 9 heteroatoms. The summed E-state index contributed by atoms with van der Waals surface area (Å²) in [4.78, 5) is 27.3. The Labute approximate surface area is 195 Å². The summed E-state index contributed by atoms with van der Waals surface area (Å²) in [5, 5.41) is 9.50. The highest BCUT2D eigenvalue weighted by atomic mass is 35.5. The number of hydrogen-bond donors (Lipinski definition) is 2. The molecule has 2 N–H and O–H groups in total. The van der Waals surface area contributed by atoms with Gasteiger partial charge in [0, 0.05) is 30.0 Å². The van der Waals surface area contributed by atoms with Crippen LogP contribution in [0.1, 0.15) is 18.4 Å². The first-order valence-corrected chi connectivity index (χ1v) is 11.2. The summed E-state index contributed by atoms with van der Waals surface area (Å²) in [6.07, 6.45) is 4.11. The number of likely N-dealkylation sites (tertiary alicyclic amines) is 1. The molecule has 0 aromatic heterocycles. The number of hydrogen-bond acceptors (Lipinski definition) is 5. The first-order valence-electron chi connectivity index (χ1n) is 9.64. The fourth-order valence-corrected chi connectivity index (χ4v) is 4.83. The summed E-state index contributed by atoms with van der Waals surface area (Å²) in [6.45, 7) is 0.897. The molecule has 0 saturated carbocycles. The molecule has 0 atom stereocenters. The Hall–Kier alpha value is -2.19. The molecule has 0 unspecified atom stereocenters. The SMILES string of the molecule is COc1ccccc1Sc1ccc(C=CC(=O)N2CCC(C(=O)NO)CC2)c(Cl)c1Cl. The Kier molecular flexibility index (Phi) is 8.26. The van der Waals surface area contributed by atoms with Crippen molar-refractivity contribution in [3.05, 3.63) is 58.1 Å². The van der Waals surface area contributed by atoms with Crippen LogP contribution < -0.4 is 10.2 Å². The van der Waals surface area contributed by atoms with E-state index < -0.39 is 5.91 Å². The number of nitrogens with one attached hydrogen (secondary N) is 1. The lowest BCUT2D eigenvalue weighted by molar-refractivity contribution is -0.137. The third-order valence-corrected chi connectivity index (χ3v) is 7.18. The number of nitrogens with zero attached hydrogens (tertiary/aromatic N) is 1. The Morgan fingerprint density at radius 3 is 2.52 bits per heavy atom. The molecule has 0 aliphatic carbocycles. The fourth-order valence-electron chi connectivity index (χ4n) is 3.30. The van der Waals surface area contributed by atoms with E-state index in [1.165, 1.54) is 17.8 Å². The number of ether oxygens (including phenoxy) is 1. The number of hydroxylamine groups is 1. The van der Waals surface area contributed by atoms with Crippen LogP contribution in [0.2, 0.25) is 10.0 Å². The minimum atomic E-state index is -0.407. The van der Waals surface area contributed by atoms with E-state index in [0.29, 0.717) is 41.5 Å². The van der Waals surface area contributed by atoms with Crippen molar-refractivity contribution in [1.82, 2.24) is 10.4 Å². The standard InChI is InChI=1S/C22H22Cl2N2O4S/c1-30-16-4-2-3-5-17(16)31-18-8-6-14(20(23)21(18)24)7-9-19(27)26-12-10-15(11-13-26)22(28)25-29/h2-9,15,29H,10-13H2,1H3,(H,25,28). The molecule has 2 amide bonds. The Bertz CT molecular complexity index is 991.